The molecule has 0 aliphatic rings. The summed E-state index contributed by atoms with van der Waals surface area (Å²) in [6, 6.07) is 4.85. The second-order valence-electron chi connectivity index (χ2n) is 2.72. The van der Waals surface area contributed by atoms with Gasteiger partial charge in [-0.3, -0.25) is 4.79 Å². The van der Waals surface area contributed by atoms with E-state index in [1.54, 1.807) is 0 Å². The molecule has 82 valence electrons. The molecule has 0 unspecified atom stereocenters. The number of hydrogen-bond donors (Lipinski definition) is 2. The maximum atomic E-state index is 13.1. The highest BCUT2D eigenvalue weighted by Gasteiger charge is 2.18. The lowest BCUT2D eigenvalue weighted by Gasteiger charge is -2.05. The number of carbonyl (C=O) groups is 1. The molecule has 1 aromatic carbocycles. The van der Waals surface area contributed by atoms with Crippen molar-refractivity contribution in [2.24, 2.45) is 5.73 Å². The van der Waals surface area contributed by atoms with Crippen LogP contribution in [0.2, 0.25) is 0 Å². The second-order valence-corrected chi connectivity index (χ2v) is 4.46. The molecular weight excluding hydrogens is 223 g/mol. The molecule has 0 fully saturated rings. The quantitative estimate of drug-likeness (QED) is 0.739. The Morgan fingerprint density at radius 2 is 2.00 bits per heavy atom. The lowest BCUT2D eigenvalue weighted by molar-refractivity contribution is -0.116. The summed E-state index contributed by atoms with van der Waals surface area (Å²) < 4.78 is 37.7. The van der Waals surface area contributed by atoms with E-state index in [-0.39, 0.29) is 0 Å². The van der Waals surface area contributed by atoms with Crippen LogP contribution in [-0.4, -0.2) is 20.9 Å². The first-order valence-electron chi connectivity index (χ1n) is 3.96. The zero-order chi connectivity index (χ0) is 11.5. The van der Waals surface area contributed by atoms with Crippen LogP contribution < -0.4 is 10.5 Å². The van der Waals surface area contributed by atoms with Gasteiger partial charge in [-0.2, -0.15) is 0 Å². The molecule has 0 saturated heterocycles. The second kappa shape index (κ2) is 4.37. The molecule has 0 saturated carbocycles. The minimum Gasteiger partial charge on any atom is -0.369 e. The highest BCUT2D eigenvalue weighted by Crippen LogP contribution is 2.12. The van der Waals surface area contributed by atoms with E-state index in [2.05, 4.69) is 0 Å². The minimum atomic E-state index is -4.01. The molecule has 1 amide bonds. The summed E-state index contributed by atoms with van der Waals surface area (Å²) in [6.45, 7) is -0.559. The summed E-state index contributed by atoms with van der Waals surface area (Å²) in [5.41, 5.74) is 4.76. The molecule has 5 nitrogen and oxygen atoms in total. The van der Waals surface area contributed by atoms with Crippen LogP contribution >= 0.6 is 0 Å². The van der Waals surface area contributed by atoms with E-state index >= 15 is 0 Å². The van der Waals surface area contributed by atoms with E-state index in [4.69, 9.17) is 5.73 Å². The van der Waals surface area contributed by atoms with Crippen LogP contribution in [0.3, 0.4) is 0 Å². The number of benzene rings is 1. The Kier molecular flexibility index (Phi) is 3.38. The Balaban J connectivity index is 2.97. The average molecular weight is 232 g/mol. The van der Waals surface area contributed by atoms with Crippen LogP contribution in [0.1, 0.15) is 0 Å². The maximum absolute atomic E-state index is 13.1. The van der Waals surface area contributed by atoms with Crippen molar-refractivity contribution >= 4 is 15.9 Å². The number of nitrogens with one attached hydrogen (secondary N) is 1. The number of rotatable bonds is 4. The van der Waals surface area contributed by atoms with Crippen molar-refractivity contribution in [1.29, 1.82) is 0 Å². The summed E-state index contributed by atoms with van der Waals surface area (Å²) in [6.07, 6.45) is 0. The van der Waals surface area contributed by atoms with Gasteiger partial charge >= 0.3 is 0 Å². The van der Waals surface area contributed by atoms with Crippen LogP contribution in [0.4, 0.5) is 4.39 Å². The molecule has 7 heteroatoms. The molecule has 0 atom stereocenters. The van der Waals surface area contributed by atoms with Crippen molar-refractivity contribution in [1.82, 2.24) is 4.72 Å². The van der Waals surface area contributed by atoms with Gasteiger partial charge < -0.3 is 5.73 Å². The summed E-state index contributed by atoms with van der Waals surface area (Å²) in [5, 5.41) is 0. The molecular formula is C8H9FN2O3S. The van der Waals surface area contributed by atoms with Crippen LogP contribution in [0.5, 0.6) is 0 Å². The van der Waals surface area contributed by atoms with E-state index in [1.807, 2.05) is 4.72 Å². The molecule has 0 aliphatic heterocycles. The van der Waals surface area contributed by atoms with E-state index in [0.29, 0.717) is 0 Å². The molecule has 0 heterocycles. The summed E-state index contributed by atoms with van der Waals surface area (Å²) in [4.78, 5) is 9.86. The lowest BCUT2D eigenvalue weighted by Crippen LogP contribution is -2.33. The third-order valence-electron chi connectivity index (χ3n) is 1.56. The Morgan fingerprint density at radius 3 is 2.53 bits per heavy atom. The first-order chi connectivity index (χ1) is 6.93. The van der Waals surface area contributed by atoms with Crippen molar-refractivity contribution in [3.63, 3.8) is 0 Å². The van der Waals surface area contributed by atoms with E-state index in [0.717, 1.165) is 12.1 Å². The number of sulfonamides is 1. The van der Waals surface area contributed by atoms with E-state index < -0.39 is 33.2 Å². The summed E-state index contributed by atoms with van der Waals surface area (Å²) >= 11 is 0. The van der Waals surface area contributed by atoms with E-state index in [1.165, 1.54) is 12.1 Å². The van der Waals surface area contributed by atoms with Gasteiger partial charge in [0.05, 0.1) is 6.54 Å². The van der Waals surface area contributed by atoms with Gasteiger partial charge in [-0.15, -0.1) is 0 Å². The Bertz CT molecular complexity index is 473. The van der Waals surface area contributed by atoms with Gasteiger partial charge in [-0.1, -0.05) is 12.1 Å². The van der Waals surface area contributed by atoms with Gasteiger partial charge in [0.25, 0.3) is 0 Å². The maximum Gasteiger partial charge on any atom is 0.243 e. The summed E-state index contributed by atoms with van der Waals surface area (Å²) in [5.74, 6) is -1.72. The Morgan fingerprint density at radius 1 is 1.40 bits per heavy atom. The number of hydrogen-bond acceptors (Lipinski definition) is 3. The molecule has 0 aromatic heterocycles. The largest absolute Gasteiger partial charge is 0.369 e. The average Bonchev–Trinajstić information content (AvgIpc) is 2.15. The molecule has 1 rings (SSSR count). The predicted molar refractivity (Wildman–Crippen MR) is 50.8 cm³/mol. The fourth-order valence-electron chi connectivity index (χ4n) is 0.907. The smallest absolute Gasteiger partial charge is 0.243 e. The third kappa shape index (κ3) is 3.00. The first-order valence-corrected chi connectivity index (χ1v) is 5.44. The SMILES string of the molecule is NC(=O)CNS(=O)(=O)c1ccccc1F. The fourth-order valence-corrected chi connectivity index (χ4v) is 1.98. The van der Waals surface area contributed by atoms with Gasteiger partial charge in [0.2, 0.25) is 15.9 Å². The first kappa shape index (κ1) is 11.6. The van der Waals surface area contributed by atoms with Crippen LogP contribution in [0.15, 0.2) is 29.2 Å². The molecule has 0 bridgehead atoms. The minimum absolute atomic E-state index is 0.508. The highest BCUT2D eigenvalue weighted by atomic mass is 32.2. The molecule has 1 aromatic rings. The van der Waals surface area contributed by atoms with Gasteiger partial charge in [-0.25, -0.2) is 17.5 Å². The topological polar surface area (TPSA) is 89.3 Å². The monoisotopic (exact) mass is 232 g/mol. The zero-order valence-electron chi connectivity index (χ0n) is 7.60. The van der Waals surface area contributed by atoms with Gasteiger partial charge in [0.15, 0.2) is 0 Å². The molecule has 0 radical (unpaired) electrons. The molecule has 0 aliphatic carbocycles. The Hall–Kier alpha value is -1.47. The number of halogens is 1. The normalized spacial score (nSPS) is 11.3. The highest BCUT2D eigenvalue weighted by molar-refractivity contribution is 7.89. The fraction of sp³-hybridized carbons (Fsp3) is 0.125. The van der Waals surface area contributed by atoms with Crippen LogP contribution in [0.25, 0.3) is 0 Å². The van der Waals surface area contributed by atoms with Crippen molar-refractivity contribution in [3.8, 4) is 0 Å². The van der Waals surface area contributed by atoms with Crippen molar-refractivity contribution in [2.45, 2.75) is 4.90 Å². The van der Waals surface area contributed by atoms with Crippen LogP contribution in [0, 0.1) is 5.82 Å². The zero-order valence-corrected chi connectivity index (χ0v) is 8.42. The third-order valence-corrected chi connectivity index (χ3v) is 3.00. The predicted octanol–water partition coefficient (Wildman–Crippen LogP) is -0.411. The van der Waals surface area contributed by atoms with Gasteiger partial charge in [-0.05, 0) is 12.1 Å². The Labute approximate surface area is 86.1 Å². The standard InChI is InChI=1S/C8H9FN2O3S/c9-6-3-1-2-4-7(6)15(13,14)11-5-8(10)12/h1-4,11H,5H2,(H2,10,12). The van der Waals surface area contributed by atoms with E-state index in [9.17, 15) is 17.6 Å². The van der Waals surface area contributed by atoms with Gasteiger partial charge in [0, 0.05) is 0 Å². The van der Waals surface area contributed by atoms with Crippen LogP contribution in [-0.2, 0) is 14.8 Å². The number of primary amides is 1. The van der Waals surface area contributed by atoms with Gasteiger partial charge in [0.1, 0.15) is 10.7 Å². The number of nitrogens with two attached hydrogens (primary N) is 1. The number of amides is 1. The molecule has 3 N–H and O–H groups in total. The van der Waals surface area contributed by atoms with Crippen molar-refractivity contribution in [2.75, 3.05) is 6.54 Å². The number of carbonyl (C=O) groups excluding carboxylic acids is 1. The molecule has 0 spiro atoms. The lowest BCUT2D eigenvalue weighted by atomic mass is 10.4. The van der Waals surface area contributed by atoms with Crippen molar-refractivity contribution in [3.05, 3.63) is 30.1 Å². The summed E-state index contributed by atoms with van der Waals surface area (Å²) in [7, 11) is -4.01. The van der Waals surface area contributed by atoms with Crippen molar-refractivity contribution < 1.29 is 17.6 Å². The molecule has 15 heavy (non-hydrogen) atoms.